The summed E-state index contributed by atoms with van der Waals surface area (Å²) in [6, 6.07) is 3.37. The molecule has 0 amide bonds. The van der Waals surface area contributed by atoms with Gasteiger partial charge >= 0.3 is 5.97 Å². The summed E-state index contributed by atoms with van der Waals surface area (Å²) in [6.45, 7) is 1.78. The van der Waals surface area contributed by atoms with Gasteiger partial charge in [-0.3, -0.25) is 10.1 Å². The molecule has 0 aliphatic heterocycles. The molecule has 110 valence electrons. The minimum absolute atomic E-state index is 0.140. The Labute approximate surface area is 119 Å². The van der Waals surface area contributed by atoms with Crippen molar-refractivity contribution in [3.63, 3.8) is 0 Å². The van der Waals surface area contributed by atoms with Crippen LogP contribution in [0.5, 0.6) is 0 Å². The van der Waals surface area contributed by atoms with Gasteiger partial charge < -0.3 is 15.0 Å². The van der Waals surface area contributed by atoms with E-state index >= 15 is 0 Å². The molecule has 1 atom stereocenters. The molecular formula is C12H13N5O4. The van der Waals surface area contributed by atoms with E-state index in [-0.39, 0.29) is 23.0 Å². The van der Waals surface area contributed by atoms with E-state index in [0.29, 0.717) is 5.82 Å². The molecule has 2 N–H and O–H groups in total. The van der Waals surface area contributed by atoms with Gasteiger partial charge in [-0.1, -0.05) is 0 Å². The molecule has 0 aliphatic rings. The zero-order valence-electron chi connectivity index (χ0n) is 11.3. The number of aromatic carboxylic acids is 1. The SMILES string of the molecule is CC(Nc1ccc(C(=O)O)cc1[N+](=O)[O-])c1nncn1C. The molecule has 0 saturated heterocycles. The first-order valence-electron chi connectivity index (χ1n) is 6.02. The highest BCUT2D eigenvalue weighted by Crippen LogP contribution is 2.28. The van der Waals surface area contributed by atoms with Gasteiger partial charge in [-0.05, 0) is 19.1 Å². The van der Waals surface area contributed by atoms with Crippen LogP contribution in [-0.4, -0.2) is 30.8 Å². The molecule has 9 heteroatoms. The second-order valence-electron chi connectivity index (χ2n) is 4.46. The fourth-order valence-electron chi connectivity index (χ4n) is 1.92. The Morgan fingerprint density at radius 1 is 1.52 bits per heavy atom. The van der Waals surface area contributed by atoms with E-state index in [1.807, 2.05) is 0 Å². The van der Waals surface area contributed by atoms with Crippen LogP contribution in [0.2, 0.25) is 0 Å². The molecule has 0 spiro atoms. The number of nitro groups is 1. The van der Waals surface area contributed by atoms with Crippen molar-refractivity contribution in [2.24, 2.45) is 7.05 Å². The summed E-state index contributed by atoms with van der Waals surface area (Å²) >= 11 is 0. The second kappa shape index (κ2) is 5.57. The maximum Gasteiger partial charge on any atom is 0.335 e. The predicted molar refractivity (Wildman–Crippen MR) is 73.1 cm³/mol. The van der Waals surface area contributed by atoms with Gasteiger partial charge in [0.05, 0.1) is 16.5 Å². The van der Waals surface area contributed by atoms with E-state index in [2.05, 4.69) is 15.5 Å². The average Bonchev–Trinajstić information content (AvgIpc) is 2.85. The number of hydrogen-bond acceptors (Lipinski definition) is 6. The number of anilines is 1. The highest BCUT2D eigenvalue weighted by molar-refractivity contribution is 5.89. The lowest BCUT2D eigenvalue weighted by atomic mass is 10.1. The Kier molecular flexibility index (Phi) is 3.83. The van der Waals surface area contributed by atoms with E-state index in [4.69, 9.17) is 5.11 Å². The molecule has 2 aromatic rings. The lowest BCUT2D eigenvalue weighted by molar-refractivity contribution is -0.384. The van der Waals surface area contributed by atoms with Crippen LogP contribution in [-0.2, 0) is 7.05 Å². The predicted octanol–water partition coefficient (Wildman–Crippen LogP) is 1.59. The normalized spacial score (nSPS) is 11.9. The molecule has 1 unspecified atom stereocenters. The number of benzene rings is 1. The Balaban J connectivity index is 2.33. The zero-order chi connectivity index (χ0) is 15.6. The highest BCUT2D eigenvalue weighted by Gasteiger charge is 2.20. The van der Waals surface area contributed by atoms with Crippen LogP contribution in [0.15, 0.2) is 24.5 Å². The molecular weight excluding hydrogens is 278 g/mol. The topological polar surface area (TPSA) is 123 Å². The fraction of sp³-hybridized carbons (Fsp3) is 0.250. The number of carboxylic acid groups (broad SMARTS) is 1. The van der Waals surface area contributed by atoms with Gasteiger partial charge in [0.1, 0.15) is 12.0 Å². The average molecular weight is 291 g/mol. The molecule has 0 fully saturated rings. The number of aryl methyl sites for hydroxylation is 1. The third-order valence-corrected chi connectivity index (χ3v) is 2.95. The van der Waals surface area contributed by atoms with E-state index < -0.39 is 10.9 Å². The van der Waals surface area contributed by atoms with E-state index in [9.17, 15) is 14.9 Å². The number of nitro benzene ring substituents is 1. The van der Waals surface area contributed by atoms with Gasteiger partial charge in [0.25, 0.3) is 5.69 Å². The van der Waals surface area contributed by atoms with Crippen LogP contribution in [0.3, 0.4) is 0 Å². The van der Waals surface area contributed by atoms with Gasteiger partial charge in [0.2, 0.25) is 0 Å². The van der Waals surface area contributed by atoms with Crippen molar-refractivity contribution in [2.45, 2.75) is 13.0 Å². The second-order valence-corrected chi connectivity index (χ2v) is 4.46. The largest absolute Gasteiger partial charge is 0.478 e. The number of carbonyl (C=O) groups is 1. The molecule has 0 aliphatic carbocycles. The summed E-state index contributed by atoms with van der Waals surface area (Å²) < 4.78 is 1.69. The Hall–Kier alpha value is -2.97. The molecule has 0 radical (unpaired) electrons. The van der Waals surface area contributed by atoms with E-state index in [0.717, 1.165) is 6.07 Å². The molecule has 1 aromatic heterocycles. The van der Waals surface area contributed by atoms with Crippen molar-refractivity contribution < 1.29 is 14.8 Å². The number of nitrogens with one attached hydrogen (secondary N) is 1. The molecule has 21 heavy (non-hydrogen) atoms. The van der Waals surface area contributed by atoms with Gasteiger partial charge in [-0.2, -0.15) is 0 Å². The third kappa shape index (κ3) is 2.96. The fourth-order valence-corrected chi connectivity index (χ4v) is 1.92. The maximum atomic E-state index is 11.1. The Bertz CT molecular complexity index is 697. The summed E-state index contributed by atoms with van der Waals surface area (Å²) in [5.74, 6) is -0.613. The molecule has 9 nitrogen and oxygen atoms in total. The minimum Gasteiger partial charge on any atom is -0.478 e. The molecule has 0 bridgehead atoms. The van der Waals surface area contributed by atoms with Gasteiger partial charge in [-0.15, -0.1) is 10.2 Å². The van der Waals surface area contributed by atoms with Crippen molar-refractivity contribution in [1.82, 2.24) is 14.8 Å². The van der Waals surface area contributed by atoms with E-state index in [1.54, 1.807) is 18.5 Å². The summed E-state index contributed by atoms with van der Waals surface area (Å²) in [4.78, 5) is 21.3. The number of aromatic nitrogens is 3. The summed E-state index contributed by atoms with van der Waals surface area (Å²) in [7, 11) is 1.76. The van der Waals surface area contributed by atoms with Crippen molar-refractivity contribution in [2.75, 3.05) is 5.32 Å². The van der Waals surface area contributed by atoms with Crippen LogP contribution in [0, 0.1) is 10.1 Å². The number of carboxylic acids is 1. The van der Waals surface area contributed by atoms with Crippen LogP contribution in [0.25, 0.3) is 0 Å². The first-order chi connectivity index (χ1) is 9.90. The Morgan fingerprint density at radius 2 is 2.24 bits per heavy atom. The molecule has 2 rings (SSSR count). The maximum absolute atomic E-state index is 11.1. The lowest BCUT2D eigenvalue weighted by Crippen LogP contribution is -2.13. The monoisotopic (exact) mass is 291 g/mol. The number of hydrogen-bond donors (Lipinski definition) is 2. The third-order valence-electron chi connectivity index (χ3n) is 2.95. The van der Waals surface area contributed by atoms with Crippen molar-refractivity contribution in [3.8, 4) is 0 Å². The summed E-state index contributed by atoms with van der Waals surface area (Å²) in [5.41, 5.74) is -0.219. The van der Waals surface area contributed by atoms with Gasteiger partial charge in [0.15, 0.2) is 5.82 Å². The van der Waals surface area contributed by atoms with Crippen molar-refractivity contribution >= 4 is 17.3 Å². The zero-order valence-corrected chi connectivity index (χ0v) is 11.3. The van der Waals surface area contributed by atoms with Crippen molar-refractivity contribution in [3.05, 3.63) is 46.0 Å². The molecule has 0 saturated carbocycles. The number of nitrogens with zero attached hydrogens (tertiary/aromatic N) is 4. The standard InChI is InChI=1S/C12H13N5O4/c1-7(11-15-13-6-16(11)2)14-9-4-3-8(12(18)19)5-10(9)17(20)21/h3-7,14H,1-2H3,(H,18,19). The smallest absolute Gasteiger partial charge is 0.335 e. The van der Waals surface area contributed by atoms with Crippen LogP contribution in [0.4, 0.5) is 11.4 Å². The van der Waals surface area contributed by atoms with Crippen LogP contribution >= 0.6 is 0 Å². The Morgan fingerprint density at radius 3 is 2.76 bits per heavy atom. The first kappa shape index (κ1) is 14.4. The first-order valence-corrected chi connectivity index (χ1v) is 6.02. The minimum atomic E-state index is -1.22. The van der Waals surface area contributed by atoms with Crippen LogP contribution < -0.4 is 5.32 Å². The quantitative estimate of drug-likeness (QED) is 0.633. The van der Waals surface area contributed by atoms with Gasteiger partial charge in [0, 0.05) is 13.1 Å². The molecule has 1 aromatic carbocycles. The van der Waals surface area contributed by atoms with Crippen molar-refractivity contribution in [1.29, 1.82) is 0 Å². The highest BCUT2D eigenvalue weighted by atomic mass is 16.6. The number of rotatable bonds is 5. The summed E-state index contributed by atoms with van der Waals surface area (Å²) in [5, 5.41) is 30.6. The molecule has 1 heterocycles. The summed E-state index contributed by atoms with van der Waals surface area (Å²) in [6.07, 6.45) is 1.52. The van der Waals surface area contributed by atoms with Gasteiger partial charge in [-0.25, -0.2) is 4.79 Å². The van der Waals surface area contributed by atoms with E-state index in [1.165, 1.54) is 18.5 Å². The lowest BCUT2D eigenvalue weighted by Gasteiger charge is -2.14. The van der Waals surface area contributed by atoms with Crippen LogP contribution in [0.1, 0.15) is 29.1 Å².